The molecular formula is C26H24N6O2S. The van der Waals surface area contributed by atoms with Crippen molar-refractivity contribution in [2.45, 2.75) is 24.5 Å². The van der Waals surface area contributed by atoms with E-state index in [1.165, 1.54) is 11.8 Å². The highest BCUT2D eigenvalue weighted by molar-refractivity contribution is 7.99. The number of benzene rings is 2. The number of aromatic nitrogens is 4. The number of carbonyl (C=O) groups is 2. The second kappa shape index (κ2) is 10.5. The van der Waals surface area contributed by atoms with Crippen molar-refractivity contribution in [1.82, 2.24) is 25.1 Å². The standard InChI is InChI=1S/C26H24N6O2S/c33-23(28-16-19-10-12-21(13-11-19)31-15-5-9-24(31)34)18-35-26-30-29-25(20-6-4-14-27-17-20)32(26)22-7-2-1-3-8-22/h1-4,6-8,10-14,17H,5,9,15-16,18H2,(H,28,33). The SMILES string of the molecule is O=C(CSc1nnc(-c2cccnc2)n1-c1ccccc1)NCc1ccc(N2CCCC2=O)cc1. The van der Waals surface area contributed by atoms with Crippen molar-refractivity contribution in [2.24, 2.45) is 0 Å². The molecule has 2 aromatic carbocycles. The van der Waals surface area contributed by atoms with Crippen LogP contribution in [0.4, 0.5) is 5.69 Å². The first-order valence-corrected chi connectivity index (χ1v) is 12.4. The van der Waals surface area contributed by atoms with E-state index in [1.54, 1.807) is 12.4 Å². The lowest BCUT2D eigenvalue weighted by molar-refractivity contribution is -0.119. The molecule has 0 spiro atoms. The monoisotopic (exact) mass is 484 g/mol. The van der Waals surface area contributed by atoms with E-state index < -0.39 is 0 Å². The molecule has 1 saturated heterocycles. The predicted molar refractivity (Wildman–Crippen MR) is 135 cm³/mol. The summed E-state index contributed by atoms with van der Waals surface area (Å²) in [6.45, 7) is 1.18. The van der Waals surface area contributed by atoms with Crippen LogP contribution >= 0.6 is 11.8 Å². The molecule has 0 unspecified atom stereocenters. The number of amides is 2. The fourth-order valence-corrected chi connectivity index (χ4v) is 4.73. The molecule has 176 valence electrons. The van der Waals surface area contributed by atoms with Crippen LogP contribution in [0, 0.1) is 0 Å². The maximum absolute atomic E-state index is 12.6. The number of nitrogens with one attached hydrogen (secondary N) is 1. The molecule has 5 rings (SSSR count). The molecule has 0 aliphatic carbocycles. The molecule has 35 heavy (non-hydrogen) atoms. The van der Waals surface area contributed by atoms with E-state index in [-0.39, 0.29) is 17.6 Å². The Hall–Kier alpha value is -3.98. The van der Waals surface area contributed by atoms with Gasteiger partial charge in [-0.25, -0.2) is 0 Å². The zero-order valence-corrected chi connectivity index (χ0v) is 19.8. The fraction of sp³-hybridized carbons (Fsp3) is 0.192. The van der Waals surface area contributed by atoms with Crippen molar-refractivity contribution in [3.05, 3.63) is 84.7 Å². The lowest BCUT2D eigenvalue weighted by Gasteiger charge is -2.16. The number of anilines is 1. The summed E-state index contributed by atoms with van der Waals surface area (Å²) in [6.07, 6.45) is 4.97. The Morgan fingerprint density at radius 1 is 0.971 bits per heavy atom. The minimum absolute atomic E-state index is 0.0978. The molecule has 0 saturated carbocycles. The van der Waals surface area contributed by atoms with E-state index in [0.29, 0.717) is 23.9 Å². The highest BCUT2D eigenvalue weighted by Gasteiger charge is 2.21. The highest BCUT2D eigenvalue weighted by atomic mass is 32.2. The van der Waals surface area contributed by atoms with Crippen molar-refractivity contribution in [3.8, 4) is 17.1 Å². The number of rotatable bonds is 8. The molecular weight excluding hydrogens is 460 g/mol. The van der Waals surface area contributed by atoms with Crippen molar-refractivity contribution in [1.29, 1.82) is 0 Å². The van der Waals surface area contributed by atoms with Gasteiger partial charge in [0.05, 0.1) is 5.75 Å². The third kappa shape index (κ3) is 5.25. The van der Waals surface area contributed by atoms with Crippen molar-refractivity contribution in [2.75, 3.05) is 17.2 Å². The number of pyridine rings is 1. The number of hydrogen-bond donors (Lipinski definition) is 1. The normalized spacial score (nSPS) is 13.3. The Kier molecular flexibility index (Phi) is 6.85. The number of nitrogens with zero attached hydrogens (tertiary/aromatic N) is 5. The minimum atomic E-state index is -0.0978. The molecule has 4 aromatic rings. The second-order valence-corrected chi connectivity index (χ2v) is 9.04. The average molecular weight is 485 g/mol. The van der Waals surface area contributed by atoms with Gasteiger partial charge in [0.1, 0.15) is 0 Å². The number of thioether (sulfide) groups is 1. The Labute approximate surface area is 207 Å². The molecule has 1 aliphatic heterocycles. The number of para-hydroxylation sites is 1. The van der Waals surface area contributed by atoms with Gasteiger partial charge in [0.2, 0.25) is 11.8 Å². The summed E-state index contributed by atoms with van der Waals surface area (Å²) >= 11 is 1.33. The zero-order chi connectivity index (χ0) is 24.0. The van der Waals surface area contributed by atoms with Crippen LogP contribution in [-0.2, 0) is 16.1 Å². The van der Waals surface area contributed by atoms with Crippen molar-refractivity contribution in [3.63, 3.8) is 0 Å². The summed E-state index contributed by atoms with van der Waals surface area (Å²) in [6, 6.07) is 21.4. The van der Waals surface area contributed by atoms with Crippen LogP contribution in [0.15, 0.2) is 84.3 Å². The van der Waals surface area contributed by atoms with Crippen LogP contribution in [0.1, 0.15) is 18.4 Å². The minimum Gasteiger partial charge on any atom is -0.351 e. The summed E-state index contributed by atoms with van der Waals surface area (Å²) in [4.78, 5) is 30.5. The van der Waals surface area contributed by atoms with Crippen molar-refractivity contribution >= 4 is 29.3 Å². The molecule has 8 nitrogen and oxygen atoms in total. The Morgan fingerprint density at radius 3 is 2.51 bits per heavy atom. The molecule has 2 amide bonds. The smallest absolute Gasteiger partial charge is 0.230 e. The molecule has 1 N–H and O–H groups in total. The summed E-state index contributed by atoms with van der Waals surface area (Å²) in [7, 11) is 0. The van der Waals surface area contributed by atoms with Crippen LogP contribution in [-0.4, -0.2) is 43.9 Å². The first kappa shape index (κ1) is 22.8. The van der Waals surface area contributed by atoms with Gasteiger partial charge in [0.15, 0.2) is 11.0 Å². The summed E-state index contributed by atoms with van der Waals surface area (Å²) < 4.78 is 1.94. The second-order valence-electron chi connectivity index (χ2n) is 8.10. The third-order valence-electron chi connectivity index (χ3n) is 5.71. The molecule has 3 heterocycles. The van der Waals surface area contributed by atoms with E-state index >= 15 is 0 Å². The predicted octanol–water partition coefficient (Wildman–Crippen LogP) is 3.86. The van der Waals surface area contributed by atoms with E-state index in [4.69, 9.17) is 0 Å². The Balaban J connectivity index is 1.23. The summed E-state index contributed by atoms with van der Waals surface area (Å²) in [5.41, 5.74) is 3.64. The van der Waals surface area contributed by atoms with Gasteiger partial charge in [-0.1, -0.05) is 42.1 Å². The maximum Gasteiger partial charge on any atom is 0.230 e. The first-order valence-electron chi connectivity index (χ1n) is 11.4. The average Bonchev–Trinajstić information content (AvgIpc) is 3.54. The highest BCUT2D eigenvalue weighted by Crippen LogP contribution is 2.27. The summed E-state index contributed by atoms with van der Waals surface area (Å²) in [5, 5.41) is 12.3. The fourth-order valence-electron chi connectivity index (χ4n) is 3.95. The van der Waals surface area contributed by atoms with Gasteiger partial charge in [-0.15, -0.1) is 10.2 Å². The van der Waals surface area contributed by atoms with E-state index in [2.05, 4.69) is 20.5 Å². The molecule has 0 bridgehead atoms. The van der Waals surface area contributed by atoms with Crippen LogP contribution in [0.5, 0.6) is 0 Å². The van der Waals surface area contributed by atoms with Crippen LogP contribution in [0.2, 0.25) is 0 Å². The molecule has 0 radical (unpaired) electrons. The van der Waals surface area contributed by atoms with Crippen LogP contribution in [0.3, 0.4) is 0 Å². The first-order chi connectivity index (χ1) is 17.2. The van der Waals surface area contributed by atoms with Gasteiger partial charge in [-0.3, -0.25) is 19.1 Å². The van der Waals surface area contributed by atoms with Gasteiger partial charge < -0.3 is 10.2 Å². The summed E-state index contributed by atoms with van der Waals surface area (Å²) in [5.74, 6) is 0.944. The quantitative estimate of drug-likeness (QED) is 0.382. The largest absolute Gasteiger partial charge is 0.351 e. The number of hydrogen-bond acceptors (Lipinski definition) is 6. The van der Waals surface area contributed by atoms with Gasteiger partial charge in [0, 0.05) is 48.8 Å². The van der Waals surface area contributed by atoms with Crippen LogP contribution in [0.25, 0.3) is 17.1 Å². The Bertz CT molecular complexity index is 1310. The molecule has 1 aliphatic rings. The van der Waals surface area contributed by atoms with E-state index in [0.717, 1.165) is 35.5 Å². The molecule has 0 atom stereocenters. The van der Waals surface area contributed by atoms with Gasteiger partial charge in [-0.05, 0) is 48.4 Å². The third-order valence-corrected chi connectivity index (χ3v) is 6.64. The lowest BCUT2D eigenvalue weighted by atomic mass is 10.2. The topological polar surface area (TPSA) is 93.0 Å². The Morgan fingerprint density at radius 2 is 1.80 bits per heavy atom. The molecule has 2 aromatic heterocycles. The molecule has 1 fully saturated rings. The number of carbonyl (C=O) groups excluding carboxylic acids is 2. The lowest BCUT2D eigenvalue weighted by Crippen LogP contribution is -2.25. The zero-order valence-electron chi connectivity index (χ0n) is 19.0. The van der Waals surface area contributed by atoms with Crippen molar-refractivity contribution < 1.29 is 9.59 Å². The van der Waals surface area contributed by atoms with E-state index in [9.17, 15) is 9.59 Å². The van der Waals surface area contributed by atoms with Gasteiger partial charge in [0.25, 0.3) is 0 Å². The molecule has 9 heteroatoms. The maximum atomic E-state index is 12.6. The van der Waals surface area contributed by atoms with Crippen LogP contribution < -0.4 is 10.2 Å². The van der Waals surface area contributed by atoms with Gasteiger partial charge in [-0.2, -0.15) is 0 Å². The van der Waals surface area contributed by atoms with Gasteiger partial charge >= 0.3 is 0 Å². The van der Waals surface area contributed by atoms with E-state index in [1.807, 2.05) is 76.2 Å².